The molecule has 3 nitrogen and oxygen atoms in total. The molecule has 0 spiro atoms. The maximum absolute atomic E-state index is 10.2. The van der Waals surface area contributed by atoms with Gasteiger partial charge >= 0.3 is 5.97 Å². The number of rotatable bonds is 2. The van der Waals surface area contributed by atoms with Crippen molar-refractivity contribution in [2.75, 3.05) is 6.26 Å². The smallest absolute Gasteiger partial charge is 0.325 e. The van der Waals surface area contributed by atoms with Gasteiger partial charge in [-0.25, -0.2) is 0 Å². The maximum atomic E-state index is 10.2. The highest BCUT2D eigenvalue weighted by atomic mass is 32.2. The number of aliphatic carboxylic acids is 1. The molecule has 0 unspecified atom stereocenters. The lowest BCUT2D eigenvalue weighted by atomic mass is 10.4. The third kappa shape index (κ3) is 3.68. The summed E-state index contributed by atoms with van der Waals surface area (Å²) in [5.41, 5.74) is 0. The third-order valence-corrected chi connectivity index (χ3v) is 2.00. The van der Waals surface area contributed by atoms with Crippen LogP contribution in [0.5, 0.6) is 0 Å². The third-order valence-electron chi connectivity index (χ3n) is 0.890. The molecule has 0 fully saturated rings. The monoisotopic (exact) mass is 179 g/mol. The van der Waals surface area contributed by atoms with E-state index in [2.05, 4.69) is 5.32 Å². The van der Waals surface area contributed by atoms with Crippen LogP contribution in [0.4, 0.5) is 0 Å². The molecule has 0 aromatic heterocycles. The molecule has 0 heterocycles. The van der Waals surface area contributed by atoms with Crippen LogP contribution >= 0.6 is 24.0 Å². The zero-order chi connectivity index (χ0) is 8.15. The summed E-state index contributed by atoms with van der Waals surface area (Å²) in [6.07, 6.45) is 1.80. The molecule has 0 saturated carbocycles. The maximum Gasteiger partial charge on any atom is 0.325 e. The Morgan fingerprint density at radius 2 is 2.30 bits per heavy atom. The average molecular weight is 179 g/mol. The molecule has 10 heavy (non-hydrogen) atoms. The Kier molecular flexibility index (Phi) is 4.38. The highest BCUT2D eigenvalue weighted by Gasteiger charge is 2.09. The Hall–Kier alpha value is -0.290. The van der Waals surface area contributed by atoms with Gasteiger partial charge in [-0.15, -0.1) is 11.8 Å². The van der Waals surface area contributed by atoms with Gasteiger partial charge in [0.1, 0.15) is 10.4 Å². The number of hydrogen-bond donors (Lipinski definition) is 2. The Morgan fingerprint density at radius 1 is 1.80 bits per heavy atom. The van der Waals surface area contributed by atoms with Crippen LogP contribution in [0.1, 0.15) is 6.92 Å². The van der Waals surface area contributed by atoms with Gasteiger partial charge in [0.05, 0.1) is 0 Å². The minimum atomic E-state index is -0.892. The van der Waals surface area contributed by atoms with E-state index in [9.17, 15) is 4.79 Å². The van der Waals surface area contributed by atoms with Gasteiger partial charge in [0.15, 0.2) is 0 Å². The van der Waals surface area contributed by atoms with Crippen molar-refractivity contribution < 1.29 is 9.90 Å². The molecular formula is C5H9NO2S2. The second kappa shape index (κ2) is 4.51. The molecule has 0 saturated heterocycles. The van der Waals surface area contributed by atoms with Crippen molar-refractivity contribution in [3.05, 3.63) is 0 Å². The summed E-state index contributed by atoms with van der Waals surface area (Å²) in [6, 6.07) is -0.597. The van der Waals surface area contributed by atoms with E-state index in [1.54, 1.807) is 13.2 Å². The van der Waals surface area contributed by atoms with Crippen LogP contribution in [0, 0.1) is 0 Å². The minimum Gasteiger partial charge on any atom is -0.480 e. The molecule has 0 aliphatic heterocycles. The van der Waals surface area contributed by atoms with E-state index in [1.165, 1.54) is 11.8 Å². The van der Waals surface area contributed by atoms with Crippen molar-refractivity contribution >= 4 is 34.3 Å². The summed E-state index contributed by atoms with van der Waals surface area (Å²) in [6.45, 7) is 1.55. The van der Waals surface area contributed by atoms with Crippen molar-refractivity contribution in [3.63, 3.8) is 0 Å². The average Bonchev–Trinajstić information content (AvgIpc) is 1.87. The number of nitrogens with one attached hydrogen (secondary N) is 1. The number of carboxylic acids is 1. The predicted octanol–water partition coefficient (Wildman–Crippen LogP) is 0.697. The fourth-order valence-electron chi connectivity index (χ4n) is 0.297. The highest BCUT2D eigenvalue weighted by molar-refractivity contribution is 8.22. The van der Waals surface area contributed by atoms with Gasteiger partial charge in [-0.2, -0.15) is 0 Å². The minimum absolute atomic E-state index is 0.509. The zero-order valence-electron chi connectivity index (χ0n) is 5.75. The number of carbonyl (C=O) groups is 1. The van der Waals surface area contributed by atoms with Crippen LogP contribution in [0.3, 0.4) is 0 Å². The normalized spacial score (nSPS) is 12.2. The first-order valence-corrected chi connectivity index (χ1v) is 4.28. The molecule has 0 rings (SSSR count). The Morgan fingerprint density at radius 3 is 2.60 bits per heavy atom. The molecule has 0 radical (unpaired) electrons. The van der Waals surface area contributed by atoms with Gasteiger partial charge in [-0.05, 0) is 13.2 Å². The lowest BCUT2D eigenvalue weighted by molar-refractivity contribution is -0.138. The van der Waals surface area contributed by atoms with Crippen molar-refractivity contribution in [1.82, 2.24) is 5.32 Å². The van der Waals surface area contributed by atoms with Crippen molar-refractivity contribution in [2.45, 2.75) is 13.0 Å². The molecule has 0 aliphatic carbocycles. The molecule has 0 aromatic carbocycles. The van der Waals surface area contributed by atoms with Crippen LogP contribution in [0.2, 0.25) is 0 Å². The van der Waals surface area contributed by atoms with Crippen LogP contribution in [0.25, 0.3) is 0 Å². The van der Waals surface area contributed by atoms with E-state index in [-0.39, 0.29) is 0 Å². The summed E-state index contributed by atoms with van der Waals surface area (Å²) < 4.78 is 0.509. The summed E-state index contributed by atoms with van der Waals surface area (Å²) in [5.74, 6) is -0.892. The first-order valence-electron chi connectivity index (χ1n) is 2.65. The zero-order valence-corrected chi connectivity index (χ0v) is 7.38. The molecule has 2 N–H and O–H groups in total. The van der Waals surface area contributed by atoms with E-state index in [0.717, 1.165) is 0 Å². The van der Waals surface area contributed by atoms with Gasteiger partial charge < -0.3 is 10.4 Å². The van der Waals surface area contributed by atoms with Gasteiger partial charge in [0.25, 0.3) is 0 Å². The van der Waals surface area contributed by atoms with E-state index in [1.807, 2.05) is 0 Å². The van der Waals surface area contributed by atoms with Crippen LogP contribution in [0.15, 0.2) is 0 Å². The number of hydrogen-bond acceptors (Lipinski definition) is 3. The van der Waals surface area contributed by atoms with Crippen molar-refractivity contribution in [2.24, 2.45) is 0 Å². The highest BCUT2D eigenvalue weighted by Crippen LogP contribution is 1.95. The molecular weight excluding hydrogens is 170 g/mol. The van der Waals surface area contributed by atoms with Gasteiger partial charge in [-0.3, -0.25) is 4.79 Å². The fourth-order valence-corrected chi connectivity index (χ4v) is 0.769. The summed E-state index contributed by atoms with van der Waals surface area (Å²) in [7, 11) is 0. The van der Waals surface area contributed by atoms with Crippen molar-refractivity contribution in [3.8, 4) is 0 Å². The first kappa shape index (κ1) is 9.71. The SMILES string of the molecule is CSC(=S)N[C@@H](C)C(=O)O. The van der Waals surface area contributed by atoms with Gasteiger partial charge in [0.2, 0.25) is 0 Å². The molecule has 0 aliphatic rings. The number of carboxylic acid groups (broad SMARTS) is 1. The molecule has 0 bridgehead atoms. The molecule has 5 heteroatoms. The lowest BCUT2D eigenvalue weighted by Crippen LogP contribution is -2.35. The van der Waals surface area contributed by atoms with Gasteiger partial charge in [-0.1, -0.05) is 12.2 Å². The Labute approximate surface area is 69.2 Å². The summed E-state index contributed by atoms with van der Waals surface area (Å²) in [4.78, 5) is 10.2. The molecule has 0 aromatic rings. The topological polar surface area (TPSA) is 49.3 Å². The number of thioether (sulfide) groups is 1. The molecule has 0 amide bonds. The van der Waals surface area contributed by atoms with E-state index in [4.69, 9.17) is 17.3 Å². The molecule has 58 valence electrons. The van der Waals surface area contributed by atoms with E-state index in [0.29, 0.717) is 4.32 Å². The van der Waals surface area contributed by atoms with Crippen LogP contribution in [-0.2, 0) is 4.79 Å². The fraction of sp³-hybridized carbons (Fsp3) is 0.600. The quantitative estimate of drug-likeness (QED) is 0.611. The van der Waals surface area contributed by atoms with Gasteiger partial charge in [0, 0.05) is 0 Å². The van der Waals surface area contributed by atoms with E-state index >= 15 is 0 Å². The summed E-state index contributed by atoms with van der Waals surface area (Å²) >= 11 is 6.07. The van der Waals surface area contributed by atoms with Crippen molar-refractivity contribution in [1.29, 1.82) is 0 Å². The first-order chi connectivity index (χ1) is 4.57. The summed E-state index contributed by atoms with van der Waals surface area (Å²) in [5, 5.41) is 11.0. The Bertz CT molecular complexity index is 149. The largest absolute Gasteiger partial charge is 0.480 e. The predicted molar refractivity (Wildman–Crippen MR) is 46.3 cm³/mol. The lowest BCUT2D eigenvalue weighted by Gasteiger charge is -2.08. The standard InChI is InChI=1S/C5H9NO2S2/c1-3(4(7)8)6-5(9)10-2/h3H,1-2H3,(H,6,9)(H,7,8)/t3-/m0/s1. The molecule has 1 atom stereocenters. The van der Waals surface area contributed by atoms with Crippen LogP contribution in [-0.4, -0.2) is 27.7 Å². The van der Waals surface area contributed by atoms with Crippen LogP contribution < -0.4 is 5.32 Å². The Balaban J connectivity index is 3.68. The number of thiocarbonyl (C=S) groups is 1. The van der Waals surface area contributed by atoms with E-state index < -0.39 is 12.0 Å². The second-order valence-corrected chi connectivity index (χ2v) is 3.18. The second-order valence-electron chi connectivity index (χ2n) is 1.70.